The van der Waals surface area contributed by atoms with Gasteiger partial charge in [0.05, 0.1) is 38.2 Å². The summed E-state index contributed by atoms with van der Waals surface area (Å²) >= 11 is 0. The molecule has 1 saturated heterocycles. The van der Waals surface area contributed by atoms with E-state index < -0.39 is 80.3 Å². The van der Waals surface area contributed by atoms with Crippen LogP contribution < -0.4 is 27.0 Å². The van der Waals surface area contributed by atoms with Gasteiger partial charge in [-0.2, -0.15) is 0 Å². The summed E-state index contributed by atoms with van der Waals surface area (Å²) in [5.41, 5.74) is 7.20. The predicted molar refractivity (Wildman–Crippen MR) is 231 cm³/mol. The van der Waals surface area contributed by atoms with Crippen LogP contribution >= 0.6 is 7.82 Å². The van der Waals surface area contributed by atoms with Gasteiger partial charge in [0.1, 0.15) is 30.2 Å². The van der Waals surface area contributed by atoms with E-state index in [1.54, 1.807) is 12.5 Å². The predicted octanol–water partition coefficient (Wildman–Crippen LogP) is 0.996. The third-order valence-corrected chi connectivity index (χ3v) is 11.1. The molecule has 2 aromatic rings. The molecule has 1 aliphatic rings. The van der Waals surface area contributed by atoms with Crippen LogP contribution in [-0.4, -0.2) is 127 Å². The van der Waals surface area contributed by atoms with E-state index in [2.05, 4.69) is 42.9 Å². The van der Waals surface area contributed by atoms with Crippen molar-refractivity contribution >= 4 is 43.3 Å². The topological polar surface area (TPSA) is 294 Å². The standard InChI is InChI=1S/C42H67N8O12P/c1-27(2)22-32(46-42(57)35-17-13-20-50(35)36(52)18-21-61-28(3)4)39(54)45-33(23-31-24-44-26-49(31)19-12-7-6-9-14-30-15-10-8-11-16-30)40(55)47-34(25-51)41(56)48-37(38(43)53)29(5)62-63(58,59)60/h8,10-11,15-16,24,26-29,32-35,37,51H,6-7,9,12-14,17-23,25H2,1-5H3,(H2,43,53)(H,45,54)(H,46,57)(H,47,55)(H,48,56)(H2,58,59,60)/t29-,32+,33+,34+,35+,37+/m1/s1. The molecule has 21 heteroatoms. The fraction of sp³-hybridized carbons (Fsp3) is 0.643. The molecule has 3 rings (SSSR count). The third kappa shape index (κ3) is 18.5. The Morgan fingerprint density at radius 2 is 1.54 bits per heavy atom. The molecule has 1 aliphatic heterocycles. The van der Waals surface area contributed by atoms with Crippen molar-refractivity contribution in [3.05, 3.63) is 54.1 Å². The van der Waals surface area contributed by atoms with E-state index in [0.717, 1.165) is 39.0 Å². The zero-order valence-corrected chi connectivity index (χ0v) is 37.8. The Kier molecular flexibility index (Phi) is 21.9. The van der Waals surface area contributed by atoms with E-state index in [9.17, 15) is 48.2 Å². The molecule has 6 atom stereocenters. The molecule has 2 heterocycles. The number of nitrogens with zero attached hydrogens (tertiary/aromatic N) is 3. The van der Waals surface area contributed by atoms with Crippen molar-refractivity contribution in [1.82, 2.24) is 35.7 Å². The van der Waals surface area contributed by atoms with E-state index in [4.69, 9.17) is 10.5 Å². The summed E-state index contributed by atoms with van der Waals surface area (Å²) in [7, 11) is -5.12. The molecule has 63 heavy (non-hydrogen) atoms. The average molecular weight is 907 g/mol. The van der Waals surface area contributed by atoms with E-state index in [1.807, 2.05) is 50.5 Å². The maximum atomic E-state index is 14.2. The highest BCUT2D eigenvalue weighted by atomic mass is 31.2. The van der Waals surface area contributed by atoms with Crippen LogP contribution in [0.2, 0.25) is 0 Å². The van der Waals surface area contributed by atoms with Crippen LogP contribution in [0.3, 0.4) is 0 Å². The van der Waals surface area contributed by atoms with Gasteiger partial charge in [0.2, 0.25) is 35.4 Å². The van der Waals surface area contributed by atoms with Gasteiger partial charge in [-0.25, -0.2) is 9.55 Å². The summed E-state index contributed by atoms with van der Waals surface area (Å²) in [4.78, 5) is 105. The normalized spacial score (nSPS) is 16.5. The molecule has 6 amide bonds. The second-order valence-corrected chi connectivity index (χ2v) is 17.7. The SMILES string of the molecule is CC(C)C[C@H](NC(=O)[C@@H]1CCCN1C(=O)CCOC(C)C)C(=O)N[C@@H](Cc1cncn1CCCCCCc1ccccc1)C(=O)N[C@@H](CO)C(=O)N[C@H](C(N)=O)[C@@H](C)OP(=O)(O)O. The Balaban J connectivity index is 1.81. The lowest BCUT2D eigenvalue weighted by molar-refractivity contribution is -0.140. The van der Waals surface area contributed by atoms with Crippen molar-refractivity contribution in [3.63, 3.8) is 0 Å². The van der Waals surface area contributed by atoms with Crippen LogP contribution in [0.25, 0.3) is 0 Å². The number of unbranched alkanes of at least 4 members (excludes halogenated alkanes) is 3. The molecule has 0 radical (unpaired) electrons. The minimum Gasteiger partial charge on any atom is -0.394 e. The van der Waals surface area contributed by atoms with Crippen LogP contribution in [0, 0.1) is 5.92 Å². The number of carbonyl (C=O) groups is 6. The number of hydrogen-bond acceptors (Lipinski definition) is 11. The quantitative estimate of drug-likeness (QED) is 0.0437. The molecule has 352 valence electrons. The number of amides is 6. The van der Waals surface area contributed by atoms with E-state index >= 15 is 0 Å². The molecule has 0 unspecified atom stereocenters. The lowest BCUT2D eigenvalue weighted by Crippen LogP contribution is -2.61. The average Bonchev–Trinajstić information content (AvgIpc) is 3.89. The van der Waals surface area contributed by atoms with Gasteiger partial charge < -0.3 is 56.1 Å². The molecule has 0 saturated carbocycles. The number of primary amides is 1. The van der Waals surface area contributed by atoms with Crippen LogP contribution in [0.1, 0.15) is 97.2 Å². The Labute approximate surface area is 369 Å². The summed E-state index contributed by atoms with van der Waals surface area (Å²) in [6, 6.07) is 3.34. The molecule has 20 nitrogen and oxygen atoms in total. The number of nitrogens with one attached hydrogen (secondary N) is 4. The fourth-order valence-corrected chi connectivity index (χ4v) is 7.83. The number of phosphoric ester groups is 1. The van der Waals surface area contributed by atoms with Gasteiger partial charge in [0, 0.05) is 31.4 Å². The van der Waals surface area contributed by atoms with Crippen molar-refractivity contribution in [1.29, 1.82) is 0 Å². The Bertz CT molecular complexity index is 1840. The van der Waals surface area contributed by atoms with Gasteiger partial charge in [-0.15, -0.1) is 0 Å². The molecular formula is C42H67N8O12P. The first-order valence-corrected chi connectivity index (χ1v) is 23.1. The molecule has 1 aromatic heterocycles. The van der Waals surface area contributed by atoms with Gasteiger partial charge in [-0.1, -0.05) is 57.0 Å². The number of benzene rings is 1. The summed E-state index contributed by atoms with van der Waals surface area (Å²) in [6.45, 7) is 8.64. The second-order valence-electron chi connectivity index (χ2n) is 16.5. The molecule has 9 N–H and O–H groups in total. The molecule has 1 fully saturated rings. The van der Waals surface area contributed by atoms with E-state index in [1.165, 1.54) is 10.5 Å². The van der Waals surface area contributed by atoms with Gasteiger partial charge in [0.15, 0.2) is 0 Å². The minimum absolute atomic E-state index is 0.0646. The Morgan fingerprint density at radius 3 is 2.17 bits per heavy atom. The van der Waals surface area contributed by atoms with E-state index in [0.29, 0.717) is 31.6 Å². The monoisotopic (exact) mass is 906 g/mol. The summed E-state index contributed by atoms with van der Waals surface area (Å²) < 4.78 is 23.3. The maximum Gasteiger partial charge on any atom is 0.469 e. The molecule has 0 spiro atoms. The summed E-state index contributed by atoms with van der Waals surface area (Å²) in [5.74, 6) is -4.87. The first kappa shape index (κ1) is 52.6. The smallest absolute Gasteiger partial charge is 0.394 e. The van der Waals surface area contributed by atoms with Crippen molar-refractivity contribution in [3.8, 4) is 0 Å². The van der Waals surface area contributed by atoms with Crippen molar-refractivity contribution < 1.29 is 57.5 Å². The molecule has 0 aliphatic carbocycles. The van der Waals surface area contributed by atoms with Gasteiger partial charge in [-0.3, -0.25) is 33.3 Å². The second kappa shape index (κ2) is 26.2. The number of ether oxygens (including phenoxy) is 1. The highest BCUT2D eigenvalue weighted by Gasteiger charge is 2.38. The zero-order chi connectivity index (χ0) is 46.7. The van der Waals surface area contributed by atoms with Gasteiger partial charge in [0.25, 0.3) is 0 Å². The number of aryl methyl sites for hydroxylation is 2. The van der Waals surface area contributed by atoms with Crippen LogP contribution in [0.15, 0.2) is 42.9 Å². The van der Waals surface area contributed by atoms with E-state index in [-0.39, 0.29) is 43.8 Å². The Morgan fingerprint density at radius 1 is 0.889 bits per heavy atom. The highest BCUT2D eigenvalue weighted by Crippen LogP contribution is 2.38. The number of nitrogens with two attached hydrogens (primary N) is 1. The van der Waals surface area contributed by atoms with Crippen molar-refractivity contribution in [2.45, 2.75) is 148 Å². The largest absolute Gasteiger partial charge is 0.469 e. The first-order chi connectivity index (χ1) is 29.8. The number of imidazole rings is 1. The summed E-state index contributed by atoms with van der Waals surface area (Å²) in [6.07, 6.45) is 7.29. The number of aliphatic hydroxyl groups is 1. The molecule has 1 aromatic carbocycles. The van der Waals surface area contributed by atoms with Crippen molar-refractivity contribution in [2.75, 3.05) is 19.8 Å². The van der Waals surface area contributed by atoms with Gasteiger partial charge >= 0.3 is 7.82 Å². The highest BCUT2D eigenvalue weighted by molar-refractivity contribution is 7.46. The maximum absolute atomic E-state index is 14.2. The fourth-order valence-electron chi connectivity index (χ4n) is 7.27. The summed E-state index contributed by atoms with van der Waals surface area (Å²) in [5, 5.41) is 20.3. The number of rotatable bonds is 28. The lowest BCUT2D eigenvalue weighted by atomic mass is 10.0. The number of aliphatic hydroxyl groups excluding tert-OH is 1. The minimum atomic E-state index is -5.12. The number of phosphoric acid groups is 1. The van der Waals surface area contributed by atoms with Crippen molar-refractivity contribution in [2.24, 2.45) is 11.7 Å². The van der Waals surface area contributed by atoms with Crippen LogP contribution in [0.5, 0.6) is 0 Å². The van der Waals surface area contributed by atoms with Gasteiger partial charge in [-0.05, 0) is 70.8 Å². The number of likely N-dealkylation sites (tertiary alicyclic amines) is 1. The third-order valence-electron chi connectivity index (χ3n) is 10.5. The number of hydrogen-bond donors (Lipinski definition) is 8. The molecule has 0 bridgehead atoms. The lowest BCUT2D eigenvalue weighted by Gasteiger charge is -2.29. The van der Waals surface area contributed by atoms with Crippen LogP contribution in [0.4, 0.5) is 0 Å². The molecular weight excluding hydrogens is 839 g/mol. The Hall–Kier alpha value is -4.72. The number of carbonyl (C=O) groups excluding carboxylic acids is 6. The zero-order valence-electron chi connectivity index (χ0n) is 36.9. The van der Waals surface area contributed by atoms with Crippen LogP contribution in [-0.2, 0) is 62.0 Å². The number of aromatic nitrogens is 2. The first-order valence-electron chi connectivity index (χ1n) is 21.6.